The molecule has 17 heavy (non-hydrogen) atoms. The number of hydrogen-bond donors (Lipinski definition) is 0. The highest BCUT2D eigenvalue weighted by molar-refractivity contribution is 9.08. The molecule has 0 radical (unpaired) electrons. The average Bonchev–Trinajstić information content (AvgIpc) is 2.71. The Morgan fingerprint density at radius 1 is 1.18 bits per heavy atom. The van der Waals surface area contributed by atoms with Crippen LogP contribution >= 0.6 is 15.9 Å². The first-order valence-electron chi connectivity index (χ1n) is 5.73. The monoisotopic (exact) mass is 293 g/mol. The fourth-order valence-corrected chi connectivity index (χ4v) is 2.53. The van der Waals surface area contributed by atoms with Crippen molar-refractivity contribution in [1.29, 1.82) is 0 Å². The third kappa shape index (κ3) is 2.14. The van der Waals surface area contributed by atoms with Crippen molar-refractivity contribution in [2.75, 3.05) is 0 Å². The molecule has 0 amide bonds. The van der Waals surface area contributed by atoms with E-state index in [2.05, 4.69) is 69.7 Å². The lowest BCUT2D eigenvalue weighted by atomic mass is 10.0. The number of rotatable bonds is 3. The van der Waals surface area contributed by atoms with Gasteiger partial charge in [0.05, 0.1) is 5.33 Å². The zero-order valence-corrected chi connectivity index (χ0v) is 12.0. The van der Waals surface area contributed by atoms with Crippen molar-refractivity contribution in [3.05, 3.63) is 35.2 Å². The topological polar surface area (TPSA) is 30.7 Å². The van der Waals surface area contributed by atoms with E-state index in [0.717, 1.165) is 23.5 Å². The lowest BCUT2D eigenvalue weighted by Crippen LogP contribution is -2.03. The van der Waals surface area contributed by atoms with Crippen molar-refractivity contribution < 1.29 is 0 Å². The highest BCUT2D eigenvalue weighted by Gasteiger charge is 2.15. The van der Waals surface area contributed by atoms with Gasteiger partial charge >= 0.3 is 0 Å². The molecule has 2 rings (SSSR count). The van der Waals surface area contributed by atoms with Crippen LogP contribution in [-0.4, -0.2) is 14.8 Å². The molecule has 90 valence electrons. The van der Waals surface area contributed by atoms with Gasteiger partial charge in [-0.2, -0.15) is 0 Å². The number of alkyl halides is 1. The molecule has 0 fully saturated rings. The fourth-order valence-electron chi connectivity index (χ4n) is 2.12. The normalized spacial score (nSPS) is 10.8. The van der Waals surface area contributed by atoms with E-state index in [1.165, 1.54) is 16.7 Å². The number of hydrogen-bond acceptors (Lipinski definition) is 2. The fraction of sp³-hybridized carbons (Fsp3) is 0.385. The number of aromatic nitrogens is 3. The minimum Gasteiger partial charge on any atom is -0.311 e. The largest absolute Gasteiger partial charge is 0.311 e. The SMILES string of the molecule is CCn1c(CBr)nnc1-c1c(C)cccc1C. The van der Waals surface area contributed by atoms with E-state index in [4.69, 9.17) is 0 Å². The van der Waals surface area contributed by atoms with Gasteiger partial charge in [0.1, 0.15) is 5.82 Å². The van der Waals surface area contributed by atoms with Gasteiger partial charge in [-0.15, -0.1) is 10.2 Å². The zero-order chi connectivity index (χ0) is 12.4. The molecule has 0 atom stereocenters. The summed E-state index contributed by atoms with van der Waals surface area (Å²) in [7, 11) is 0. The maximum atomic E-state index is 4.33. The molecule has 0 bridgehead atoms. The van der Waals surface area contributed by atoms with E-state index in [1.54, 1.807) is 0 Å². The number of aryl methyl sites for hydroxylation is 2. The molecule has 1 aromatic heterocycles. The van der Waals surface area contributed by atoms with Crippen LogP contribution in [0.5, 0.6) is 0 Å². The van der Waals surface area contributed by atoms with Gasteiger partial charge in [0.15, 0.2) is 5.82 Å². The predicted molar refractivity (Wildman–Crippen MR) is 73.2 cm³/mol. The Labute approximate surface area is 110 Å². The molecule has 3 nitrogen and oxygen atoms in total. The Balaban J connectivity index is 2.64. The Morgan fingerprint density at radius 2 is 1.82 bits per heavy atom. The zero-order valence-electron chi connectivity index (χ0n) is 10.4. The third-order valence-corrected chi connectivity index (χ3v) is 3.47. The number of nitrogens with zero attached hydrogens (tertiary/aromatic N) is 3. The molecule has 1 aromatic carbocycles. The summed E-state index contributed by atoms with van der Waals surface area (Å²) in [4.78, 5) is 0. The summed E-state index contributed by atoms with van der Waals surface area (Å²) < 4.78 is 2.16. The Morgan fingerprint density at radius 3 is 2.35 bits per heavy atom. The van der Waals surface area contributed by atoms with Gasteiger partial charge in [0.2, 0.25) is 0 Å². The van der Waals surface area contributed by atoms with E-state index in [9.17, 15) is 0 Å². The summed E-state index contributed by atoms with van der Waals surface area (Å²) >= 11 is 3.45. The minimum absolute atomic E-state index is 0.735. The first kappa shape index (κ1) is 12.3. The molecule has 1 heterocycles. The van der Waals surface area contributed by atoms with Crippen LogP contribution in [0.15, 0.2) is 18.2 Å². The van der Waals surface area contributed by atoms with Crippen LogP contribution in [0.2, 0.25) is 0 Å². The van der Waals surface area contributed by atoms with Gasteiger partial charge in [0, 0.05) is 12.1 Å². The lowest BCUT2D eigenvalue weighted by molar-refractivity contribution is 0.733. The summed E-state index contributed by atoms with van der Waals surface area (Å²) in [5.74, 6) is 1.95. The standard InChI is InChI=1S/C13H16BrN3/c1-4-17-11(8-14)15-16-13(17)12-9(2)6-5-7-10(12)3/h5-7H,4,8H2,1-3H3. The van der Waals surface area contributed by atoms with E-state index in [-0.39, 0.29) is 0 Å². The van der Waals surface area contributed by atoms with Crippen molar-refractivity contribution >= 4 is 15.9 Å². The van der Waals surface area contributed by atoms with Crippen LogP contribution in [-0.2, 0) is 11.9 Å². The molecule has 0 unspecified atom stereocenters. The van der Waals surface area contributed by atoms with Gasteiger partial charge in [0.25, 0.3) is 0 Å². The molecule has 2 aromatic rings. The van der Waals surface area contributed by atoms with Crippen LogP contribution < -0.4 is 0 Å². The van der Waals surface area contributed by atoms with E-state index >= 15 is 0 Å². The van der Waals surface area contributed by atoms with Crippen LogP contribution in [0.25, 0.3) is 11.4 Å². The summed E-state index contributed by atoms with van der Waals surface area (Å²) in [5.41, 5.74) is 3.69. The van der Waals surface area contributed by atoms with Gasteiger partial charge in [-0.1, -0.05) is 34.1 Å². The third-order valence-electron chi connectivity index (χ3n) is 2.97. The highest BCUT2D eigenvalue weighted by atomic mass is 79.9. The van der Waals surface area contributed by atoms with Crippen molar-refractivity contribution in [3.63, 3.8) is 0 Å². The summed E-state index contributed by atoms with van der Waals surface area (Å²) in [6.07, 6.45) is 0. The second kappa shape index (κ2) is 5.00. The summed E-state index contributed by atoms with van der Waals surface area (Å²) in [5, 5.41) is 9.30. The average molecular weight is 294 g/mol. The first-order valence-corrected chi connectivity index (χ1v) is 6.85. The number of halogens is 1. The Hall–Kier alpha value is -1.16. The molecule has 4 heteroatoms. The minimum atomic E-state index is 0.735. The van der Waals surface area contributed by atoms with Crippen molar-refractivity contribution in [2.45, 2.75) is 32.6 Å². The smallest absolute Gasteiger partial charge is 0.164 e. The van der Waals surface area contributed by atoms with E-state index in [1.807, 2.05) is 0 Å². The van der Waals surface area contributed by atoms with Crippen LogP contribution in [0.1, 0.15) is 23.9 Å². The molecule has 0 spiro atoms. The summed E-state index contributed by atoms with van der Waals surface area (Å²) in [6, 6.07) is 6.31. The molecular weight excluding hydrogens is 278 g/mol. The molecule has 0 N–H and O–H groups in total. The van der Waals surface area contributed by atoms with Crippen LogP contribution in [0.3, 0.4) is 0 Å². The van der Waals surface area contributed by atoms with E-state index in [0.29, 0.717) is 0 Å². The van der Waals surface area contributed by atoms with Gasteiger partial charge in [-0.3, -0.25) is 0 Å². The molecule has 0 aliphatic carbocycles. The molecular formula is C13H16BrN3. The second-order valence-electron chi connectivity index (χ2n) is 4.08. The van der Waals surface area contributed by atoms with Crippen LogP contribution in [0, 0.1) is 13.8 Å². The van der Waals surface area contributed by atoms with Crippen molar-refractivity contribution in [3.8, 4) is 11.4 Å². The summed E-state index contributed by atoms with van der Waals surface area (Å²) in [6.45, 7) is 7.24. The molecule has 0 saturated heterocycles. The van der Waals surface area contributed by atoms with Crippen molar-refractivity contribution in [2.24, 2.45) is 0 Å². The molecule has 0 saturated carbocycles. The Kier molecular flexibility index (Phi) is 3.62. The predicted octanol–water partition coefficient (Wildman–Crippen LogP) is 3.48. The van der Waals surface area contributed by atoms with Gasteiger partial charge < -0.3 is 4.57 Å². The van der Waals surface area contributed by atoms with Gasteiger partial charge in [-0.05, 0) is 31.9 Å². The quantitative estimate of drug-likeness (QED) is 0.811. The second-order valence-corrected chi connectivity index (χ2v) is 4.65. The van der Waals surface area contributed by atoms with E-state index < -0.39 is 0 Å². The Bertz CT molecular complexity index is 511. The highest BCUT2D eigenvalue weighted by Crippen LogP contribution is 2.26. The first-order chi connectivity index (χ1) is 8.19. The number of benzene rings is 1. The van der Waals surface area contributed by atoms with Crippen LogP contribution in [0.4, 0.5) is 0 Å². The maximum Gasteiger partial charge on any atom is 0.164 e. The molecule has 0 aliphatic heterocycles. The lowest BCUT2D eigenvalue weighted by Gasteiger charge is -2.11. The molecule has 0 aliphatic rings. The maximum absolute atomic E-state index is 4.33. The van der Waals surface area contributed by atoms with Crippen molar-refractivity contribution in [1.82, 2.24) is 14.8 Å². The van der Waals surface area contributed by atoms with Gasteiger partial charge in [-0.25, -0.2) is 0 Å².